The number of aliphatic hydroxyl groups is 2. The van der Waals surface area contributed by atoms with Crippen LogP contribution in [0.4, 0.5) is 0 Å². The van der Waals surface area contributed by atoms with Gasteiger partial charge in [0.05, 0.1) is 25.4 Å². The molecule has 0 bridgehead atoms. The van der Waals surface area contributed by atoms with E-state index in [0.29, 0.717) is 38.0 Å². The molecule has 4 rings (SSSR count). The molecule has 0 saturated carbocycles. The highest BCUT2D eigenvalue weighted by Crippen LogP contribution is 2.39. The van der Waals surface area contributed by atoms with Crippen LogP contribution in [-0.2, 0) is 32.2 Å². The Kier molecular flexibility index (Phi) is 13.7. The summed E-state index contributed by atoms with van der Waals surface area (Å²) in [5.41, 5.74) is 7.46. The number of hydrogen-bond acceptors (Lipinski definition) is 8. The second kappa shape index (κ2) is 17.9. The van der Waals surface area contributed by atoms with Crippen molar-refractivity contribution in [2.75, 3.05) is 18.1 Å². The van der Waals surface area contributed by atoms with Crippen LogP contribution in [0.2, 0.25) is 0 Å². The fourth-order valence-corrected chi connectivity index (χ4v) is 5.94. The summed E-state index contributed by atoms with van der Waals surface area (Å²) in [6, 6.07) is 23.9. The predicted molar refractivity (Wildman–Crippen MR) is 170 cm³/mol. The zero-order chi connectivity index (χ0) is 31.1. The molecule has 0 aliphatic carbocycles. The molecule has 44 heavy (non-hydrogen) atoms. The van der Waals surface area contributed by atoms with Crippen molar-refractivity contribution in [3.8, 4) is 11.1 Å². The van der Waals surface area contributed by atoms with Gasteiger partial charge in [0, 0.05) is 42.9 Å². The first-order chi connectivity index (χ1) is 21.5. The smallest absolute Gasteiger partial charge is 0.243 e. The topological polar surface area (TPSA) is 137 Å². The molecule has 3 aromatic carbocycles. The molecule has 3 aromatic rings. The van der Waals surface area contributed by atoms with Crippen LogP contribution in [-0.4, -0.2) is 51.5 Å². The van der Waals surface area contributed by atoms with Gasteiger partial charge in [0.25, 0.3) is 0 Å². The highest BCUT2D eigenvalue weighted by molar-refractivity contribution is 7.99. The number of thioether (sulfide) groups is 1. The van der Waals surface area contributed by atoms with E-state index < -0.39 is 12.2 Å². The third-order valence-corrected chi connectivity index (χ3v) is 8.65. The summed E-state index contributed by atoms with van der Waals surface area (Å²) < 4.78 is 12.8. The number of carbonyl (C=O) groups is 2. The molecular formula is C34H42N2O7S. The lowest BCUT2D eigenvalue weighted by atomic mass is 9.97. The van der Waals surface area contributed by atoms with E-state index in [1.165, 1.54) is 0 Å². The van der Waals surface area contributed by atoms with Crippen molar-refractivity contribution < 1.29 is 34.5 Å². The van der Waals surface area contributed by atoms with Gasteiger partial charge in [-0.25, -0.2) is 5.48 Å². The lowest BCUT2D eigenvalue weighted by Crippen LogP contribution is -2.31. The van der Waals surface area contributed by atoms with Crippen LogP contribution in [0.15, 0.2) is 72.8 Å². The largest absolute Gasteiger partial charge is 0.396 e. The number of hydrogen-bond donors (Lipinski definition) is 5. The summed E-state index contributed by atoms with van der Waals surface area (Å²) in [5.74, 6) is 0.954. The number of ether oxygens (including phenoxy) is 2. The summed E-state index contributed by atoms with van der Waals surface area (Å²) in [4.78, 5) is 23.5. The molecule has 0 aromatic heterocycles. The van der Waals surface area contributed by atoms with Crippen molar-refractivity contribution >= 4 is 23.6 Å². The molecule has 0 radical (unpaired) electrons. The van der Waals surface area contributed by atoms with Gasteiger partial charge in [0.15, 0.2) is 6.29 Å². The van der Waals surface area contributed by atoms with E-state index in [9.17, 15) is 19.8 Å². The SMILES string of the molecule is O=C(CCCCCC(=O)NCc1ccccc1-c1ccc(C2OC(CSCCO)CC(c3ccc(CO)cc3)O2)cc1)NO. The van der Waals surface area contributed by atoms with Crippen LogP contribution in [0.1, 0.15) is 73.2 Å². The number of carbonyl (C=O) groups excluding carboxylic acids is 2. The van der Waals surface area contributed by atoms with Gasteiger partial charge >= 0.3 is 0 Å². The predicted octanol–water partition coefficient (Wildman–Crippen LogP) is 5.19. The third kappa shape index (κ3) is 10.2. The van der Waals surface area contributed by atoms with Gasteiger partial charge in [0.1, 0.15) is 0 Å². The number of aliphatic hydroxyl groups excluding tert-OH is 2. The summed E-state index contributed by atoms with van der Waals surface area (Å²) in [7, 11) is 0. The van der Waals surface area contributed by atoms with Gasteiger partial charge in [0.2, 0.25) is 11.8 Å². The highest BCUT2D eigenvalue weighted by Gasteiger charge is 2.32. The molecule has 1 fully saturated rings. The molecule has 10 heteroatoms. The van der Waals surface area contributed by atoms with Crippen LogP contribution in [0.3, 0.4) is 0 Å². The van der Waals surface area contributed by atoms with Crippen LogP contribution >= 0.6 is 11.8 Å². The molecule has 3 atom stereocenters. The Labute approximate surface area is 262 Å². The van der Waals surface area contributed by atoms with E-state index >= 15 is 0 Å². The van der Waals surface area contributed by atoms with Gasteiger partial charge in [-0.3, -0.25) is 14.8 Å². The van der Waals surface area contributed by atoms with Crippen molar-refractivity contribution in [1.82, 2.24) is 10.8 Å². The minimum absolute atomic E-state index is 0.00510. The minimum atomic E-state index is -0.549. The Balaban J connectivity index is 1.39. The van der Waals surface area contributed by atoms with E-state index in [2.05, 4.69) is 5.32 Å². The number of benzene rings is 3. The second-order valence-corrected chi connectivity index (χ2v) is 12.0. The summed E-state index contributed by atoms with van der Waals surface area (Å²) in [6.07, 6.45) is 2.60. The average molecular weight is 623 g/mol. The standard InChI is InChI=1S/C34H42N2O7S/c37-18-19-44-23-29-20-31(26-12-10-24(22-38)11-13-26)43-34(42-29)27-16-14-25(15-17-27)30-7-5-4-6-28(30)21-35-32(39)8-2-1-3-9-33(40)36-41/h4-7,10-17,29,31,34,37-38,41H,1-3,8-9,18-23H2,(H,35,39)(H,36,40). The first kappa shape index (κ1) is 33.6. The monoisotopic (exact) mass is 622 g/mol. The number of nitrogens with one attached hydrogen (secondary N) is 2. The van der Waals surface area contributed by atoms with Crippen molar-refractivity contribution in [3.05, 3.63) is 95.1 Å². The third-order valence-electron chi connectivity index (χ3n) is 7.57. The molecule has 9 nitrogen and oxygen atoms in total. The molecule has 5 N–H and O–H groups in total. The van der Waals surface area contributed by atoms with E-state index in [1.54, 1.807) is 17.2 Å². The maximum Gasteiger partial charge on any atom is 0.243 e. The van der Waals surface area contributed by atoms with Gasteiger partial charge in [-0.05, 0) is 40.7 Å². The quantitative estimate of drug-likeness (QED) is 0.0837. The van der Waals surface area contributed by atoms with Crippen LogP contribution < -0.4 is 10.8 Å². The lowest BCUT2D eigenvalue weighted by molar-refractivity contribution is -0.245. The van der Waals surface area contributed by atoms with E-state index in [4.69, 9.17) is 14.7 Å². The molecule has 236 valence electrons. The Bertz CT molecular complexity index is 1320. The van der Waals surface area contributed by atoms with Gasteiger partial charge in [-0.1, -0.05) is 79.2 Å². The number of unbranched alkanes of at least 4 members (excludes halogenated alkanes) is 2. The first-order valence-electron chi connectivity index (χ1n) is 15.1. The lowest BCUT2D eigenvalue weighted by Gasteiger charge is -2.36. The van der Waals surface area contributed by atoms with Crippen LogP contribution in [0, 0.1) is 0 Å². The Morgan fingerprint density at radius 3 is 2.25 bits per heavy atom. The normalized spacial score (nSPS) is 18.1. The Morgan fingerprint density at radius 2 is 1.55 bits per heavy atom. The second-order valence-electron chi connectivity index (χ2n) is 10.8. The molecule has 1 saturated heterocycles. The molecule has 1 aliphatic rings. The number of rotatable bonds is 16. The van der Waals surface area contributed by atoms with Crippen molar-refractivity contribution in [2.24, 2.45) is 0 Å². The fraction of sp³-hybridized carbons (Fsp3) is 0.412. The van der Waals surface area contributed by atoms with Crippen molar-refractivity contribution in [3.63, 3.8) is 0 Å². The fourth-order valence-electron chi connectivity index (χ4n) is 5.16. The van der Waals surface area contributed by atoms with E-state index in [-0.39, 0.29) is 37.7 Å². The molecule has 2 amide bonds. The van der Waals surface area contributed by atoms with Crippen molar-refractivity contribution in [2.45, 2.75) is 70.2 Å². The van der Waals surface area contributed by atoms with Gasteiger partial charge in [-0.2, -0.15) is 11.8 Å². The Hall–Kier alpha value is -3.25. The summed E-state index contributed by atoms with van der Waals surface area (Å²) in [6.45, 7) is 0.528. The molecule has 0 spiro atoms. The number of hydroxylamine groups is 1. The minimum Gasteiger partial charge on any atom is -0.396 e. The van der Waals surface area contributed by atoms with Crippen molar-refractivity contribution in [1.29, 1.82) is 0 Å². The summed E-state index contributed by atoms with van der Waals surface area (Å²) >= 11 is 1.66. The average Bonchev–Trinajstić information content (AvgIpc) is 3.07. The van der Waals surface area contributed by atoms with Gasteiger partial charge in [-0.15, -0.1) is 0 Å². The molecular weight excluding hydrogens is 580 g/mol. The maximum atomic E-state index is 12.4. The van der Waals surface area contributed by atoms with E-state index in [0.717, 1.165) is 45.6 Å². The Morgan fingerprint density at radius 1 is 0.841 bits per heavy atom. The van der Waals surface area contributed by atoms with Crippen LogP contribution in [0.5, 0.6) is 0 Å². The maximum absolute atomic E-state index is 12.4. The zero-order valence-electron chi connectivity index (χ0n) is 24.8. The van der Waals surface area contributed by atoms with Crippen LogP contribution in [0.25, 0.3) is 11.1 Å². The molecule has 1 heterocycles. The first-order valence-corrected chi connectivity index (χ1v) is 16.2. The molecule has 1 aliphatic heterocycles. The van der Waals surface area contributed by atoms with Gasteiger partial charge < -0.3 is 25.0 Å². The van der Waals surface area contributed by atoms with E-state index in [1.807, 2.05) is 72.8 Å². The zero-order valence-corrected chi connectivity index (χ0v) is 25.6. The highest BCUT2D eigenvalue weighted by atomic mass is 32.2. The number of amides is 2. The molecule has 3 unspecified atom stereocenters. The summed E-state index contributed by atoms with van der Waals surface area (Å²) in [5, 5.41) is 30.2.